The lowest BCUT2D eigenvalue weighted by Crippen LogP contribution is -2.57. The number of hydrogen-bond donors (Lipinski definition) is 1. The molecule has 1 heterocycles. The summed E-state index contributed by atoms with van der Waals surface area (Å²) in [5, 5.41) is 4.39. The molecule has 0 bridgehead atoms. The standard InChI is InChI=1S/C14H24N2S/c1-13(2)6-4-7-14(13,11-15)16(3)9-12-5-8-17-10-12/h5,8,10H,4,6-7,9,11,15H2,1-3H3. The van der Waals surface area contributed by atoms with Crippen LogP contribution in [0.25, 0.3) is 0 Å². The molecule has 2 nitrogen and oxygen atoms in total. The summed E-state index contributed by atoms with van der Waals surface area (Å²) in [6.45, 7) is 6.53. The highest BCUT2D eigenvalue weighted by Gasteiger charge is 2.50. The fourth-order valence-electron chi connectivity index (χ4n) is 3.44. The second-order valence-corrected chi connectivity index (χ2v) is 6.74. The van der Waals surface area contributed by atoms with E-state index in [0.29, 0.717) is 5.41 Å². The molecule has 2 N–H and O–H groups in total. The molecule has 1 aromatic rings. The van der Waals surface area contributed by atoms with Gasteiger partial charge in [-0.05, 0) is 47.7 Å². The van der Waals surface area contributed by atoms with Gasteiger partial charge < -0.3 is 5.73 Å². The van der Waals surface area contributed by atoms with Gasteiger partial charge in [-0.25, -0.2) is 0 Å². The highest BCUT2D eigenvalue weighted by Crippen LogP contribution is 2.48. The fraction of sp³-hybridized carbons (Fsp3) is 0.714. The summed E-state index contributed by atoms with van der Waals surface area (Å²) in [6.07, 6.45) is 3.83. The van der Waals surface area contributed by atoms with E-state index in [-0.39, 0.29) is 5.54 Å². The van der Waals surface area contributed by atoms with E-state index < -0.39 is 0 Å². The molecule has 1 aliphatic rings. The molecule has 2 rings (SSSR count). The highest BCUT2D eigenvalue weighted by atomic mass is 32.1. The Morgan fingerprint density at radius 2 is 2.18 bits per heavy atom. The van der Waals surface area contributed by atoms with Crippen LogP contribution in [0.1, 0.15) is 38.7 Å². The average Bonchev–Trinajstić information content (AvgIpc) is 2.85. The van der Waals surface area contributed by atoms with E-state index in [1.807, 2.05) is 0 Å². The molecule has 0 radical (unpaired) electrons. The Balaban J connectivity index is 2.18. The number of thiophene rings is 1. The van der Waals surface area contributed by atoms with Gasteiger partial charge in [0, 0.05) is 18.6 Å². The number of hydrogen-bond acceptors (Lipinski definition) is 3. The maximum atomic E-state index is 6.14. The van der Waals surface area contributed by atoms with Crippen molar-refractivity contribution in [3.8, 4) is 0 Å². The van der Waals surface area contributed by atoms with Gasteiger partial charge in [0.15, 0.2) is 0 Å². The normalized spacial score (nSPS) is 27.8. The maximum Gasteiger partial charge on any atom is 0.0383 e. The van der Waals surface area contributed by atoms with Gasteiger partial charge in [0.2, 0.25) is 0 Å². The summed E-state index contributed by atoms with van der Waals surface area (Å²) in [7, 11) is 2.23. The number of rotatable bonds is 4. The summed E-state index contributed by atoms with van der Waals surface area (Å²) in [6, 6.07) is 2.22. The van der Waals surface area contributed by atoms with Crippen LogP contribution in [0, 0.1) is 5.41 Å². The van der Waals surface area contributed by atoms with Crippen LogP contribution in [-0.4, -0.2) is 24.0 Å². The Labute approximate surface area is 109 Å². The minimum absolute atomic E-state index is 0.176. The molecule has 17 heavy (non-hydrogen) atoms. The van der Waals surface area contributed by atoms with E-state index in [1.54, 1.807) is 11.3 Å². The Morgan fingerprint density at radius 1 is 1.41 bits per heavy atom. The molecule has 1 atom stereocenters. The van der Waals surface area contributed by atoms with E-state index in [2.05, 4.69) is 42.6 Å². The molecule has 1 unspecified atom stereocenters. The van der Waals surface area contributed by atoms with Gasteiger partial charge in [-0.1, -0.05) is 20.3 Å². The van der Waals surface area contributed by atoms with Gasteiger partial charge in [-0.15, -0.1) is 0 Å². The summed E-state index contributed by atoms with van der Waals surface area (Å²) in [5.41, 5.74) is 8.05. The number of nitrogens with two attached hydrogens (primary N) is 1. The van der Waals surface area contributed by atoms with Gasteiger partial charge in [-0.3, -0.25) is 4.90 Å². The first-order chi connectivity index (χ1) is 8.02. The summed E-state index contributed by atoms with van der Waals surface area (Å²) < 4.78 is 0. The van der Waals surface area contributed by atoms with Crippen molar-refractivity contribution in [2.75, 3.05) is 13.6 Å². The molecule has 0 aromatic carbocycles. The predicted octanol–water partition coefficient (Wildman–Crippen LogP) is 3.09. The third-order valence-electron chi connectivity index (χ3n) is 4.72. The quantitative estimate of drug-likeness (QED) is 0.892. The predicted molar refractivity (Wildman–Crippen MR) is 75.2 cm³/mol. The smallest absolute Gasteiger partial charge is 0.0383 e. The van der Waals surface area contributed by atoms with Crippen molar-refractivity contribution < 1.29 is 0 Å². The molecular weight excluding hydrogens is 228 g/mol. The largest absolute Gasteiger partial charge is 0.329 e. The van der Waals surface area contributed by atoms with Gasteiger partial charge in [-0.2, -0.15) is 11.3 Å². The number of nitrogens with zero attached hydrogens (tertiary/aromatic N) is 1. The monoisotopic (exact) mass is 252 g/mol. The van der Waals surface area contributed by atoms with Crippen molar-refractivity contribution in [2.45, 2.75) is 45.2 Å². The lowest BCUT2D eigenvalue weighted by molar-refractivity contribution is 0.0277. The van der Waals surface area contributed by atoms with Gasteiger partial charge >= 0.3 is 0 Å². The first kappa shape index (κ1) is 13.1. The van der Waals surface area contributed by atoms with Crippen LogP contribution in [0.15, 0.2) is 16.8 Å². The molecule has 3 heteroatoms. The molecule has 0 amide bonds. The van der Waals surface area contributed by atoms with E-state index in [1.165, 1.54) is 24.8 Å². The maximum absolute atomic E-state index is 6.14. The minimum Gasteiger partial charge on any atom is -0.329 e. The van der Waals surface area contributed by atoms with Gasteiger partial charge in [0.05, 0.1) is 0 Å². The van der Waals surface area contributed by atoms with Crippen LogP contribution < -0.4 is 5.73 Å². The van der Waals surface area contributed by atoms with Crippen LogP contribution >= 0.6 is 11.3 Å². The Hall–Kier alpha value is -0.380. The lowest BCUT2D eigenvalue weighted by atomic mass is 9.73. The van der Waals surface area contributed by atoms with Gasteiger partial charge in [0.1, 0.15) is 0 Å². The first-order valence-electron chi connectivity index (χ1n) is 6.44. The molecule has 0 spiro atoms. The zero-order valence-corrected chi connectivity index (χ0v) is 12.0. The topological polar surface area (TPSA) is 29.3 Å². The van der Waals surface area contributed by atoms with Crippen LogP contribution in [0.5, 0.6) is 0 Å². The summed E-state index contributed by atoms with van der Waals surface area (Å²) in [4.78, 5) is 2.49. The van der Waals surface area contributed by atoms with Crippen LogP contribution in [0.3, 0.4) is 0 Å². The van der Waals surface area contributed by atoms with Gasteiger partial charge in [0.25, 0.3) is 0 Å². The molecule has 0 aliphatic heterocycles. The Kier molecular flexibility index (Phi) is 3.62. The van der Waals surface area contributed by atoms with Crippen molar-refractivity contribution in [1.29, 1.82) is 0 Å². The average molecular weight is 252 g/mol. The zero-order chi connectivity index (χ0) is 12.5. The molecule has 1 saturated carbocycles. The highest BCUT2D eigenvalue weighted by molar-refractivity contribution is 7.07. The summed E-state index contributed by atoms with van der Waals surface area (Å²) in [5.74, 6) is 0. The van der Waals surface area contributed by atoms with E-state index >= 15 is 0 Å². The fourth-order valence-corrected chi connectivity index (χ4v) is 4.10. The third-order valence-corrected chi connectivity index (χ3v) is 5.45. The van der Waals surface area contributed by atoms with E-state index in [0.717, 1.165) is 13.1 Å². The lowest BCUT2D eigenvalue weighted by Gasteiger charge is -2.48. The molecule has 1 fully saturated rings. The molecule has 0 saturated heterocycles. The number of likely N-dealkylation sites (N-methyl/N-ethyl adjacent to an activating group) is 1. The third kappa shape index (κ3) is 2.16. The molecule has 96 valence electrons. The van der Waals surface area contributed by atoms with E-state index in [9.17, 15) is 0 Å². The Morgan fingerprint density at radius 3 is 2.65 bits per heavy atom. The van der Waals surface area contributed by atoms with Crippen LogP contribution in [0.2, 0.25) is 0 Å². The van der Waals surface area contributed by atoms with Crippen molar-refractivity contribution in [1.82, 2.24) is 4.90 Å². The molecule has 1 aromatic heterocycles. The second-order valence-electron chi connectivity index (χ2n) is 5.96. The zero-order valence-electron chi connectivity index (χ0n) is 11.2. The van der Waals surface area contributed by atoms with Crippen molar-refractivity contribution in [3.63, 3.8) is 0 Å². The summed E-state index contributed by atoms with van der Waals surface area (Å²) >= 11 is 1.77. The van der Waals surface area contributed by atoms with Crippen molar-refractivity contribution in [3.05, 3.63) is 22.4 Å². The Bertz CT molecular complexity index is 358. The minimum atomic E-state index is 0.176. The SMILES string of the molecule is CN(Cc1ccsc1)C1(CN)CCCC1(C)C. The second kappa shape index (κ2) is 4.71. The molecule has 1 aliphatic carbocycles. The van der Waals surface area contributed by atoms with Crippen LogP contribution in [-0.2, 0) is 6.54 Å². The first-order valence-corrected chi connectivity index (χ1v) is 7.38. The molecular formula is C14H24N2S. The van der Waals surface area contributed by atoms with E-state index in [4.69, 9.17) is 5.73 Å². The van der Waals surface area contributed by atoms with Crippen LogP contribution in [0.4, 0.5) is 0 Å². The van der Waals surface area contributed by atoms with Crippen molar-refractivity contribution >= 4 is 11.3 Å². The van der Waals surface area contributed by atoms with Crippen molar-refractivity contribution in [2.24, 2.45) is 11.1 Å².